The maximum atomic E-state index is 2.75. The van der Waals surface area contributed by atoms with Gasteiger partial charge in [-0.2, -0.15) is 0 Å². The van der Waals surface area contributed by atoms with Crippen LogP contribution in [0.3, 0.4) is 0 Å². The third-order valence-electron chi connectivity index (χ3n) is 3.40. The third-order valence-corrected chi connectivity index (χ3v) is 3.40. The van der Waals surface area contributed by atoms with Crippen molar-refractivity contribution in [3.8, 4) is 0 Å². The molecule has 3 aromatic rings. The van der Waals surface area contributed by atoms with E-state index in [1.807, 2.05) is 14.1 Å². The van der Waals surface area contributed by atoms with E-state index >= 15 is 0 Å². The van der Waals surface area contributed by atoms with Gasteiger partial charge in [0.25, 0.3) is 0 Å². The Morgan fingerprint density at radius 3 is 0.955 bits per heavy atom. The minimum absolute atomic E-state index is 0.309. The minimum Gasteiger partial charge on any atom is -0.323 e. The van der Waals surface area contributed by atoms with Crippen molar-refractivity contribution in [3.63, 3.8) is 0 Å². The van der Waals surface area contributed by atoms with E-state index in [9.17, 15) is 0 Å². The van der Waals surface area contributed by atoms with Gasteiger partial charge in [0.2, 0.25) is 0 Å². The number of nitrogens with one attached hydrogen (secondary N) is 1. The van der Waals surface area contributed by atoms with Crippen LogP contribution >= 0.6 is 0 Å². The van der Waals surface area contributed by atoms with E-state index in [0.29, 0.717) is 5.92 Å². The lowest BCUT2D eigenvalue weighted by Gasteiger charge is -2.18. The highest BCUT2D eigenvalue weighted by molar-refractivity contribution is 5.42. The topological polar surface area (TPSA) is 12.0 Å². The summed E-state index contributed by atoms with van der Waals surface area (Å²) in [6, 6.07) is 32.0. The quantitative estimate of drug-likeness (QED) is 0.689. The molecule has 0 aliphatic heterocycles. The number of hydrogen-bond donors (Lipinski definition) is 1. The molecule has 0 spiro atoms. The maximum Gasteiger partial charge on any atom is 0.0339 e. The first-order chi connectivity index (χ1) is 10.9. The molecule has 0 aliphatic carbocycles. The molecule has 1 heteroatoms. The van der Waals surface area contributed by atoms with Crippen molar-refractivity contribution in [3.05, 3.63) is 108 Å². The highest BCUT2D eigenvalue weighted by Gasteiger charge is 2.15. The summed E-state index contributed by atoms with van der Waals surface area (Å²) in [5, 5.41) is 2.75. The smallest absolute Gasteiger partial charge is 0.0339 e. The maximum absolute atomic E-state index is 2.75. The van der Waals surface area contributed by atoms with Gasteiger partial charge in [0.05, 0.1) is 0 Å². The zero-order chi connectivity index (χ0) is 15.6. The Morgan fingerprint density at radius 2 is 0.727 bits per heavy atom. The molecule has 0 saturated carbocycles. The summed E-state index contributed by atoms with van der Waals surface area (Å²) in [6.45, 7) is 0. The van der Waals surface area contributed by atoms with E-state index < -0.39 is 0 Å². The Hall–Kier alpha value is -2.38. The van der Waals surface area contributed by atoms with Gasteiger partial charge in [-0.1, -0.05) is 91.0 Å². The summed E-state index contributed by atoms with van der Waals surface area (Å²) < 4.78 is 0. The molecule has 0 unspecified atom stereocenters. The van der Waals surface area contributed by atoms with Crippen molar-refractivity contribution < 1.29 is 0 Å². The highest BCUT2D eigenvalue weighted by Crippen LogP contribution is 2.31. The number of rotatable bonds is 3. The lowest BCUT2D eigenvalue weighted by atomic mass is 9.85. The Bertz CT molecular complexity index is 539. The molecule has 1 N–H and O–H groups in total. The molecule has 0 fully saturated rings. The average Bonchev–Trinajstić information content (AvgIpc) is 2.59. The van der Waals surface area contributed by atoms with Crippen molar-refractivity contribution in [2.45, 2.75) is 5.92 Å². The normalized spacial score (nSPS) is 9.95. The zero-order valence-electron chi connectivity index (χ0n) is 13.2. The molecule has 0 atom stereocenters. The van der Waals surface area contributed by atoms with Crippen molar-refractivity contribution in [1.82, 2.24) is 5.32 Å². The highest BCUT2D eigenvalue weighted by atomic mass is 14.7. The van der Waals surface area contributed by atoms with Gasteiger partial charge in [-0.15, -0.1) is 0 Å². The predicted molar refractivity (Wildman–Crippen MR) is 95.3 cm³/mol. The molecule has 112 valence electrons. The molecule has 0 bridgehead atoms. The van der Waals surface area contributed by atoms with E-state index in [1.165, 1.54) is 16.7 Å². The molecule has 0 heterocycles. The summed E-state index contributed by atoms with van der Waals surface area (Å²) >= 11 is 0. The molecule has 1 nitrogen and oxygen atoms in total. The fourth-order valence-electron chi connectivity index (χ4n) is 2.51. The van der Waals surface area contributed by atoms with E-state index in [-0.39, 0.29) is 0 Å². The van der Waals surface area contributed by atoms with Gasteiger partial charge in [-0.05, 0) is 30.8 Å². The minimum atomic E-state index is 0.309. The molecular formula is C21H23N. The van der Waals surface area contributed by atoms with E-state index in [1.54, 1.807) is 0 Å². The third kappa shape index (κ3) is 4.31. The second kappa shape index (κ2) is 8.81. The standard InChI is InChI=1S/C19H16.C2H7N/c1-4-10-16(11-5-1)19(17-12-6-2-7-13-17)18-14-8-3-9-15-18;1-3-2/h1-15,19H;3H,1-2H3. The average molecular weight is 289 g/mol. The largest absolute Gasteiger partial charge is 0.323 e. The van der Waals surface area contributed by atoms with E-state index in [4.69, 9.17) is 0 Å². The first kappa shape index (κ1) is 16.0. The number of benzene rings is 3. The summed E-state index contributed by atoms with van der Waals surface area (Å²) in [6.07, 6.45) is 0. The Kier molecular flexibility index (Phi) is 6.40. The monoisotopic (exact) mass is 289 g/mol. The molecule has 0 saturated heterocycles. The van der Waals surface area contributed by atoms with Gasteiger partial charge in [0, 0.05) is 5.92 Å². The molecule has 0 aliphatic rings. The van der Waals surface area contributed by atoms with Crippen LogP contribution in [0.5, 0.6) is 0 Å². The first-order valence-electron chi connectivity index (χ1n) is 7.60. The SMILES string of the molecule is CNC.c1ccc(C(c2ccccc2)c2ccccc2)cc1. The van der Waals surface area contributed by atoms with Gasteiger partial charge >= 0.3 is 0 Å². The van der Waals surface area contributed by atoms with Gasteiger partial charge < -0.3 is 5.32 Å². The summed E-state index contributed by atoms with van der Waals surface area (Å²) in [7, 11) is 3.75. The molecule has 3 aromatic carbocycles. The fourth-order valence-corrected chi connectivity index (χ4v) is 2.51. The van der Waals surface area contributed by atoms with Crippen LogP contribution in [-0.4, -0.2) is 14.1 Å². The zero-order valence-corrected chi connectivity index (χ0v) is 13.2. The molecule has 3 rings (SSSR count). The summed E-state index contributed by atoms with van der Waals surface area (Å²) in [5.74, 6) is 0.309. The number of hydrogen-bond acceptors (Lipinski definition) is 1. The van der Waals surface area contributed by atoms with Gasteiger partial charge in [0.1, 0.15) is 0 Å². The molecule has 0 aromatic heterocycles. The van der Waals surface area contributed by atoms with Gasteiger partial charge in [-0.3, -0.25) is 0 Å². The Balaban J connectivity index is 0.000000545. The first-order valence-corrected chi connectivity index (χ1v) is 7.60. The van der Waals surface area contributed by atoms with Crippen molar-refractivity contribution in [2.24, 2.45) is 0 Å². The van der Waals surface area contributed by atoms with Crippen molar-refractivity contribution in [1.29, 1.82) is 0 Å². The van der Waals surface area contributed by atoms with E-state index in [2.05, 4.69) is 96.3 Å². The Labute approximate surface area is 133 Å². The predicted octanol–water partition coefficient (Wildman–Crippen LogP) is 4.70. The molecule has 0 amide bonds. The van der Waals surface area contributed by atoms with Crippen LogP contribution in [0.25, 0.3) is 0 Å². The summed E-state index contributed by atoms with van der Waals surface area (Å²) in [4.78, 5) is 0. The second-order valence-electron chi connectivity index (χ2n) is 5.17. The fraction of sp³-hybridized carbons (Fsp3) is 0.143. The summed E-state index contributed by atoms with van der Waals surface area (Å²) in [5.41, 5.74) is 4.00. The van der Waals surface area contributed by atoms with Gasteiger partial charge in [-0.25, -0.2) is 0 Å². The van der Waals surface area contributed by atoms with Crippen LogP contribution < -0.4 is 5.32 Å². The Morgan fingerprint density at radius 1 is 0.500 bits per heavy atom. The van der Waals surface area contributed by atoms with Crippen LogP contribution in [0.4, 0.5) is 0 Å². The van der Waals surface area contributed by atoms with Crippen LogP contribution in [0.15, 0.2) is 91.0 Å². The van der Waals surface area contributed by atoms with Gasteiger partial charge in [0.15, 0.2) is 0 Å². The second-order valence-corrected chi connectivity index (χ2v) is 5.17. The molecule has 22 heavy (non-hydrogen) atoms. The van der Waals surface area contributed by atoms with Crippen molar-refractivity contribution >= 4 is 0 Å². The van der Waals surface area contributed by atoms with Crippen LogP contribution in [0.2, 0.25) is 0 Å². The molecular weight excluding hydrogens is 266 g/mol. The van der Waals surface area contributed by atoms with E-state index in [0.717, 1.165) is 0 Å². The molecule has 0 radical (unpaired) electrons. The lowest BCUT2D eigenvalue weighted by molar-refractivity contribution is 0.977. The lowest BCUT2D eigenvalue weighted by Crippen LogP contribution is -2.02. The van der Waals surface area contributed by atoms with Crippen LogP contribution in [0, 0.1) is 0 Å². The van der Waals surface area contributed by atoms with Crippen LogP contribution in [0.1, 0.15) is 22.6 Å². The van der Waals surface area contributed by atoms with Crippen molar-refractivity contribution in [2.75, 3.05) is 14.1 Å². The van der Waals surface area contributed by atoms with Crippen LogP contribution in [-0.2, 0) is 0 Å².